The standard InChI is InChI=1S/C16H29N3/c1-4-11-17-16(14-9-7-5-6-8-10-14)15-12-19(3)18-13(15)2/h12,14,16-17H,4-11H2,1-3H3. The number of rotatable bonds is 5. The van der Waals surface area contributed by atoms with Crippen LogP contribution in [0, 0.1) is 12.8 Å². The maximum atomic E-state index is 4.53. The van der Waals surface area contributed by atoms with Crippen LogP contribution in [0.3, 0.4) is 0 Å². The number of nitrogens with zero attached hydrogens (tertiary/aromatic N) is 2. The second-order valence-electron chi connectivity index (χ2n) is 6.03. The number of aromatic nitrogens is 2. The Morgan fingerprint density at radius 3 is 2.53 bits per heavy atom. The van der Waals surface area contributed by atoms with Gasteiger partial charge in [0.05, 0.1) is 5.69 Å². The van der Waals surface area contributed by atoms with E-state index in [0.29, 0.717) is 6.04 Å². The number of nitrogens with one attached hydrogen (secondary N) is 1. The van der Waals surface area contributed by atoms with E-state index >= 15 is 0 Å². The van der Waals surface area contributed by atoms with E-state index in [-0.39, 0.29) is 0 Å². The molecular formula is C16H29N3. The monoisotopic (exact) mass is 263 g/mol. The lowest BCUT2D eigenvalue weighted by Gasteiger charge is -2.27. The molecule has 19 heavy (non-hydrogen) atoms. The third-order valence-electron chi connectivity index (χ3n) is 4.37. The quantitative estimate of drug-likeness (QED) is 0.820. The first kappa shape index (κ1) is 14.6. The highest BCUT2D eigenvalue weighted by molar-refractivity contribution is 5.21. The Labute approximate surface area is 117 Å². The van der Waals surface area contributed by atoms with Gasteiger partial charge in [-0.2, -0.15) is 5.10 Å². The van der Waals surface area contributed by atoms with Crippen molar-refractivity contribution < 1.29 is 0 Å². The molecule has 1 saturated carbocycles. The Morgan fingerprint density at radius 1 is 1.32 bits per heavy atom. The van der Waals surface area contributed by atoms with E-state index in [1.165, 1.54) is 56.2 Å². The van der Waals surface area contributed by atoms with Crippen molar-refractivity contribution in [1.82, 2.24) is 15.1 Å². The molecule has 0 aromatic carbocycles. The fourth-order valence-corrected chi connectivity index (χ4v) is 3.40. The predicted octanol–water partition coefficient (Wildman–Crippen LogP) is 3.74. The molecule has 1 N–H and O–H groups in total. The summed E-state index contributed by atoms with van der Waals surface area (Å²) in [4.78, 5) is 0. The first-order valence-electron chi connectivity index (χ1n) is 7.96. The smallest absolute Gasteiger partial charge is 0.0641 e. The molecule has 1 heterocycles. The van der Waals surface area contributed by atoms with Crippen molar-refractivity contribution in [3.63, 3.8) is 0 Å². The largest absolute Gasteiger partial charge is 0.310 e. The SMILES string of the molecule is CCCNC(c1cn(C)nc1C)C1CCCCCC1. The Balaban J connectivity index is 2.16. The van der Waals surface area contributed by atoms with Crippen molar-refractivity contribution in [1.29, 1.82) is 0 Å². The molecule has 1 aliphatic rings. The highest BCUT2D eigenvalue weighted by Gasteiger charge is 2.26. The van der Waals surface area contributed by atoms with Crippen molar-refractivity contribution >= 4 is 0 Å². The van der Waals surface area contributed by atoms with Crippen LogP contribution < -0.4 is 5.32 Å². The van der Waals surface area contributed by atoms with Gasteiger partial charge < -0.3 is 5.32 Å². The summed E-state index contributed by atoms with van der Waals surface area (Å²) >= 11 is 0. The lowest BCUT2D eigenvalue weighted by atomic mass is 9.87. The molecule has 0 saturated heterocycles. The van der Waals surface area contributed by atoms with Crippen molar-refractivity contribution in [3.8, 4) is 0 Å². The molecule has 3 heteroatoms. The molecule has 2 rings (SSSR count). The third-order valence-corrected chi connectivity index (χ3v) is 4.37. The highest BCUT2D eigenvalue weighted by Crippen LogP contribution is 2.34. The van der Waals surface area contributed by atoms with Gasteiger partial charge in [0, 0.05) is 24.8 Å². The molecule has 1 fully saturated rings. The molecule has 0 radical (unpaired) electrons. The van der Waals surface area contributed by atoms with Crippen LogP contribution >= 0.6 is 0 Å². The molecule has 0 bridgehead atoms. The van der Waals surface area contributed by atoms with E-state index in [0.717, 1.165) is 12.5 Å². The minimum absolute atomic E-state index is 0.506. The molecule has 0 aliphatic heterocycles. The van der Waals surface area contributed by atoms with Crippen LogP contribution in [0.25, 0.3) is 0 Å². The molecular weight excluding hydrogens is 234 g/mol. The number of hydrogen-bond donors (Lipinski definition) is 1. The first-order valence-corrected chi connectivity index (χ1v) is 7.96. The van der Waals surface area contributed by atoms with Gasteiger partial charge in [-0.1, -0.05) is 32.6 Å². The summed E-state index contributed by atoms with van der Waals surface area (Å²) in [6.45, 7) is 5.50. The van der Waals surface area contributed by atoms with Crippen LogP contribution in [0.1, 0.15) is 69.2 Å². The lowest BCUT2D eigenvalue weighted by Crippen LogP contribution is -2.29. The summed E-state index contributed by atoms with van der Waals surface area (Å²) in [6.07, 6.45) is 11.8. The fourth-order valence-electron chi connectivity index (χ4n) is 3.40. The third kappa shape index (κ3) is 3.82. The Kier molecular flexibility index (Phi) is 5.44. The zero-order valence-corrected chi connectivity index (χ0v) is 12.8. The van der Waals surface area contributed by atoms with Gasteiger partial charge in [-0.25, -0.2) is 0 Å². The Bertz CT molecular complexity index is 375. The highest BCUT2D eigenvalue weighted by atomic mass is 15.3. The summed E-state index contributed by atoms with van der Waals surface area (Å²) in [5.74, 6) is 0.789. The predicted molar refractivity (Wildman–Crippen MR) is 80.2 cm³/mol. The topological polar surface area (TPSA) is 29.9 Å². The van der Waals surface area contributed by atoms with Gasteiger partial charge in [-0.3, -0.25) is 4.68 Å². The van der Waals surface area contributed by atoms with Crippen LogP contribution in [0.5, 0.6) is 0 Å². The van der Waals surface area contributed by atoms with Crippen LogP contribution in [-0.2, 0) is 7.05 Å². The minimum atomic E-state index is 0.506. The molecule has 1 aromatic heterocycles. The molecule has 1 unspecified atom stereocenters. The molecule has 1 atom stereocenters. The second kappa shape index (κ2) is 7.09. The van der Waals surface area contributed by atoms with Crippen molar-refractivity contribution in [2.75, 3.05) is 6.54 Å². The summed E-state index contributed by atoms with van der Waals surface area (Å²) in [6, 6.07) is 0.506. The van der Waals surface area contributed by atoms with Crippen LogP contribution in [0.2, 0.25) is 0 Å². The Morgan fingerprint density at radius 2 is 2.00 bits per heavy atom. The zero-order valence-electron chi connectivity index (χ0n) is 12.8. The second-order valence-corrected chi connectivity index (χ2v) is 6.03. The van der Waals surface area contributed by atoms with E-state index in [2.05, 4.69) is 30.5 Å². The maximum Gasteiger partial charge on any atom is 0.0641 e. The summed E-state index contributed by atoms with van der Waals surface area (Å²) < 4.78 is 1.96. The minimum Gasteiger partial charge on any atom is -0.310 e. The first-order chi connectivity index (χ1) is 9.22. The van der Waals surface area contributed by atoms with Gasteiger partial charge in [0.2, 0.25) is 0 Å². The van der Waals surface area contributed by atoms with Crippen LogP contribution in [0.4, 0.5) is 0 Å². The van der Waals surface area contributed by atoms with Crippen molar-refractivity contribution in [2.45, 2.75) is 64.8 Å². The molecule has 1 aromatic rings. The number of hydrogen-bond acceptors (Lipinski definition) is 2. The van der Waals surface area contributed by atoms with E-state index in [1.54, 1.807) is 0 Å². The van der Waals surface area contributed by atoms with E-state index < -0.39 is 0 Å². The normalized spacial score (nSPS) is 19.3. The summed E-state index contributed by atoms with van der Waals surface area (Å²) in [5, 5.41) is 8.32. The van der Waals surface area contributed by atoms with Crippen molar-refractivity contribution in [3.05, 3.63) is 17.5 Å². The summed E-state index contributed by atoms with van der Waals surface area (Å²) in [5.41, 5.74) is 2.61. The molecule has 1 aliphatic carbocycles. The molecule has 108 valence electrons. The average molecular weight is 263 g/mol. The van der Waals surface area contributed by atoms with Gasteiger partial charge in [-0.15, -0.1) is 0 Å². The number of aryl methyl sites for hydroxylation is 2. The van der Waals surface area contributed by atoms with Gasteiger partial charge in [-0.05, 0) is 38.6 Å². The Hall–Kier alpha value is -0.830. The van der Waals surface area contributed by atoms with E-state index in [1.807, 2.05) is 11.7 Å². The van der Waals surface area contributed by atoms with Gasteiger partial charge in [0.25, 0.3) is 0 Å². The lowest BCUT2D eigenvalue weighted by molar-refractivity contribution is 0.325. The van der Waals surface area contributed by atoms with Gasteiger partial charge in [0.15, 0.2) is 0 Å². The molecule has 0 spiro atoms. The van der Waals surface area contributed by atoms with Gasteiger partial charge >= 0.3 is 0 Å². The zero-order chi connectivity index (χ0) is 13.7. The van der Waals surface area contributed by atoms with Crippen LogP contribution in [-0.4, -0.2) is 16.3 Å². The van der Waals surface area contributed by atoms with E-state index in [4.69, 9.17) is 0 Å². The fraction of sp³-hybridized carbons (Fsp3) is 0.812. The van der Waals surface area contributed by atoms with Gasteiger partial charge in [0.1, 0.15) is 0 Å². The molecule has 0 amide bonds. The average Bonchev–Trinajstić information content (AvgIpc) is 2.60. The van der Waals surface area contributed by atoms with E-state index in [9.17, 15) is 0 Å². The summed E-state index contributed by atoms with van der Waals surface area (Å²) in [7, 11) is 2.03. The maximum absolute atomic E-state index is 4.53. The van der Waals surface area contributed by atoms with Crippen molar-refractivity contribution in [2.24, 2.45) is 13.0 Å². The molecule has 3 nitrogen and oxygen atoms in total. The van der Waals surface area contributed by atoms with Crippen LogP contribution in [0.15, 0.2) is 6.20 Å².